The van der Waals surface area contributed by atoms with Crippen LogP contribution in [-0.2, 0) is 0 Å². The number of hydrogen-bond acceptors (Lipinski definition) is 5. The van der Waals surface area contributed by atoms with Crippen LogP contribution in [-0.4, -0.2) is 15.0 Å². The molecule has 21 heavy (non-hydrogen) atoms. The molecule has 2 heterocycles. The zero-order valence-corrected chi connectivity index (χ0v) is 12.5. The van der Waals surface area contributed by atoms with E-state index in [0.717, 1.165) is 27.2 Å². The van der Waals surface area contributed by atoms with Gasteiger partial charge in [-0.1, -0.05) is 18.2 Å². The number of aromatic nitrogens is 3. The normalized spacial score (nSPS) is 10.5. The quantitative estimate of drug-likeness (QED) is 0.674. The molecule has 0 atom stereocenters. The van der Waals surface area contributed by atoms with Gasteiger partial charge < -0.3 is 0 Å². The number of para-hydroxylation sites is 1. The zero-order chi connectivity index (χ0) is 14.8. The van der Waals surface area contributed by atoms with Gasteiger partial charge in [-0.2, -0.15) is 5.26 Å². The summed E-state index contributed by atoms with van der Waals surface area (Å²) in [6.07, 6.45) is 1.60. The van der Waals surface area contributed by atoms with Crippen LogP contribution in [0, 0.1) is 25.2 Å². The first-order chi connectivity index (χ1) is 10.2. The highest BCUT2D eigenvalue weighted by Crippen LogP contribution is 2.33. The number of rotatable bonds is 2. The largest absolute Gasteiger partial charge is 0.255 e. The summed E-state index contributed by atoms with van der Waals surface area (Å²) in [4.78, 5) is 14.0. The Morgan fingerprint density at radius 3 is 2.52 bits per heavy atom. The third kappa shape index (κ3) is 2.71. The Hall–Kier alpha value is -2.45. The predicted molar refractivity (Wildman–Crippen MR) is 82.1 cm³/mol. The Balaban J connectivity index is 2.17. The van der Waals surface area contributed by atoms with Crippen molar-refractivity contribution in [2.24, 2.45) is 0 Å². The van der Waals surface area contributed by atoms with E-state index >= 15 is 0 Å². The molecule has 0 unspecified atom stereocenters. The molecule has 0 aliphatic rings. The van der Waals surface area contributed by atoms with E-state index in [1.54, 1.807) is 6.20 Å². The van der Waals surface area contributed by atoms with E-state index in [0.29, 0.717) is 10.7 Å². The second-order valence-corrected chi connectivity index (χ2v) is 5.64. The fraction of sp³-hybridized carbons (Fsp3) is 0.125. The summed E-state index contributed by atoms with van der Waals surface area (Å²) in [5.41, 5.74) is 3.24. The molecule has 0 bridgehead atoms. The maximum atomic E-state index is 9.32. The summed E-state index contributed by atoms with van der Waals surface area (Å²) in [7, 11) is 0. The van der Waals surface area contributed by atoms with Gasteiger partial charge in [-0.25, -0.2) is 9.97 Å². The third-order valence-corrected chi connectivity index (χ3v) is 4.01. The number of fused-ring (bicyclic) bond motifs is 1. The summed E-state index contributed by atoms with van der Waals surface area (Å²) >= 11 is 1.41. The molecule has 4 nitrogen and oxygen atoms in total. The van der Waals surface area contributed by atoms with E-state index < -0.39 is 0 Å². The topological polar surface area (TPSA) is 62.5 Å². The van der Waals surface area contributed by atoms with Crippen LogP contribution in [0.3, 0.4) is 0 Å². The highest BCUT2D eigenvalue weighted by Gasteiger charge is 2.12. The van der Waals surface area contributed by atoms with E-state index in [1.807, 2.05) is 44.2 Å². The van der Waals surface area contributed by atoms with Gasteiger partial charge in [-0.15, -0.1) is 0 Å². The standard InChI is InChI=1S/C16H12N4S/c1-10-7-11(2)20-16(19-10)21-15-12(8-17)9-18-14-6-4-3-5-13(14)15/h3-7,9H,1-2H3. The molecule has 0 saturated carbocycles. The van der Waals surface area contributed by atoms with Gasteiger partial charge in [0.15, 0.2) is 5.16 Å². The maximum Gasteiger partial charge on any atom is 0.192 e. The monoisotopic (exact) mass is 292 g/mol. The SMILES string of the molecule is Cc1cc(C)nc(Sc2c(C#N)cnc3ccccc23)n1. The fourth-order valence-corrected chi connectivity index (χ4v) is 3.19. The van der Waals surface area contributed by atoms with Crippen LogP contribution in [0.25, 0.3) is 10.9 Å². The molecule has 0 saturated heterocycles. The third-order valence-electron chi connectivity index (χ3n) is 3.00. The highest BCUT2D eigenvalue weighted by molar-refractivity contribution is 7.99. The minimum absolute atomic E-state index is 0.543. The van der Waals surface area contributed by atoms with E-state index in [9.17, 15) is 5.26 Å². The predicted octanol–water partition coefficient (Wildman–Crippen LogP) is 3.66. The lowest BCUT2D eigenvalue weighted by molar-refractivity contribution is 0.902. The summed E-state index contributed by atoms with van der Waals surface area (Å²) in [6, 6.07) is 11.9. The molecule has 3 rings (SSSR count). The van der Waals surface area contributed by atoms with E-state index in [1.165, 1.54) is 11.8 Å². The molecule has 0 N–H and O–H groups in total. The van der Waals surface area contributed by atoms with Gasteiger partial charge in [0.25, 0.3) is 0 Å². The van der Waals surface area contributed by atoms with Crippen LogP contribution in [0.2, 0.25) is 0 Å². The molecular formula is C16H12N4S. The van der Waals surface area contributed by atoms with Gasteiger partial charge >= 0.3 is 0 Å². The first-order valence-electron chi connectivity index (χ1n) is 6.45. The number of nitrogens with zero attached hydrogens (tertiary/aromatic N) is 4. The van der Waals surface area contributed by atoms with Gasteiger partial charge in [-0.3, -0.25) is 4.98 Å². The number of aryl methyl sites for hydroxylation is 2. The number of benzene rings is 1. The van der Waals surface area contributed by atoms with Crippen LogP contribution >= 0.6 is 11.8 Å². The minimum atomic E-state index is 0.543. The lowest BCUT2D eigenvalue weighted by Crippen LogP contribution is -1.94. The van der Waals surface area contributed by atoms with Gasteiger partial charge in [0.2, 0.25) is 0 Å². The van der Waals surface area contributed by atoms with Crippen molar-refractivity contribution < 1.29 is 0 Å². The minimum Gasteiger partial charge on any atom is -0.255 e. The second-order valence-electron chi connectivity index (χ2n) is 4.67. The van der Waals surface area contributed by atoms with Gasteiger partial charge in [0.05, 0.1) is 11.1 Å². The summed E-state index contributed by atoms with van der Waals surface area (Å²) < 4.78 is 0. The van der Waals surface area contributed by atoms with Crippen LogP contribution in [0.4, 0.5) is 0 Å². The van der Waals surface area contributed by atoms with Crippen molar-refractivity contribution in [2.75, 3.05) is 0 Å². The second kappa shape index (κ2) is 5.51. The van der Waals surface area contributed by atoms with Gasteiger partial charge in [-0.05, 0) is 37.7 Å². The lowest BCUT2D eigenvalue weighted by Gasteiger charge is -2.07. The number of nitriles is 1. The van der Waals surface area contributed by atoms with Crippen molar-refractivity contribution in [1.82, 2.24) is 15.0 Å². The Morgan fingerprint density at radius 1 is 1.10 bits per heavy atom. The van der Waals surface area contributed by atoms with Crippen LogP contribution in [0.1, 0.15) is 17.0 Å². The number of hydrogen-bond donors (Lipinski definition) is 0. The smallest absolute Gasteiger partial charge is 0.192 e. The van der Waals surface area contributed by atoms with E-state index in [-0.39, 0.29) is 0 Å². The van der Waals surface area contributed by atoms with Crippen molar-refractivity contribution >= 4 is 22.7 Å². The summed E-state index contributed by atoms with van der Waals surface area (Å²) in [5, 5.41) is 10.9. The van der Waals surface area contributed by atoms with Crippen LogP contribution in [0.15, 0.2) is 46.6 Å². The molecule has 1 aromatic carbocycles. The maximum absolute atomic E-state index is 9.32. The summed E-state index contributed by atoms with van der Waals surface area (Å²) in [6.45, 7) is 3.88. The van der Waals surface area contributed by atoms with Crippen molar-refractivity contribution in [3.05, 3.63) is 53.5 Å². The lowest BCUT2D eigenvalue weighted by atomic mass is 10.2. The molecule has 0 amide bonds. The van der Waals surface area contributed by atoms with Gasteiger partial charge in [0.1, 0.15) is 6.07 Å². The first-order valence-corrected chi connectivity index (χ1v) is 7.27. The van der Waals surface area contributed by atoms with Gasteiger partial charge in [0, 0.05) is 27.9 Å². The average Bonchev–Trinajstić information content (AvgIpc) is 2.46. The molecule has 2 aromatic heterocycles. The molecule has 0 radical (unpaired) electrons. The fourth-order valence-electron chi connectivity index (χ4n) is 2.14. The average molecular weight is 292 g/mol. The van der Waals surface area contributed by atoms with Crippen molar-refractivity contribution in [2.45, 2.75) is 23.9 Å². The molecule has 5 heteroatoms. The molecular weight excluding hydrogens is 280 g/mol. The highest BCUT2D eigenvalue weighted by atomic mass is 32.2. The molecule has 102 valence electrons. The van der Waals surface area contributed by atoms with Crippen molar-refractivity contribution in [3.8, 4) is 6.07 Å². The van der Waals surface area contributed by atoms with E-state index in [4.69, 9.17) is 0 Å². The van der Waals surface area contributed by atoms with Crippen molar-refractivity contribution in [3.63, 3.8) is 0 Å². The molecule has 0 fully saturated rings. The van der Waals surface area contributed by atoms with Crippen LogP contribution < -0.4 is 0 Å². The van der Waals surface area contributed by atoms with Crippen LogP contribution in [0.5, 0.6) is 0 Å². The molecule has 0 aliphatic carbocycles. The molecule has 3 aromatic rings. The summed E-state index contributed by atoms with van der Waals surface area (Å²) in [5.74, 6) is 0. The van der Waals surface area contributed by atoms with Crippen molar-refractivity contribution in [1.29, 1.82) is 5.26 Å². The Kier molecular flexibility index (Phi) is 3.55. The Labute approximate surface area is 126 Å². The zero-order valence-electron chi connectivity index (χ0n) is 11.7. The molecule has 0 spiro atoms. The Bertz CT molecular complexity index is 848. The Morgan fingerprint density at radius 2 is 1.81 bits per heavy atom. The van der Waals surface area contributed by atoms with E-state index in [2.05, 4.69) is 21.0 Å². The number of pyridine rings is 1. The first kappa shape index (κ1) is 13.5. The molecule has 0 aliphatic heterocycles.